The summed E-state index contributed by atoms with van der Waals surface area (Å²) in [6.45, 7) is 4.46. The summed E-state index contributed by atoms with van der Waals surface area (Å²) in [6.07, 6.45) is 14.1. The number of thiol groups is 2. The lowest BCUT2D eigenvalue weighted by Crippen LogP contribution is -2.03. The first kappa shape index (κ1) is 31.6. The van der Waals surface area contributed by atoms with E-state index in [-0.39, 0.29) is 20.7 Å². The molecule has 2 nitrogen and oxygen atoms in total. The molecule has 2 heterocycles. The van der Waals surface area contributed by atoms with Gasteiger partial charge in [-0.05, 0) is 58.6 Å². The molecule has 2 unspecified atom stereocenters. The third-order valence-corrected chi connectivity index (χ3v) is 11.0. The second kappa shape index (κ2) is 15.8. The van der Waals surface area contributed by atoms with Gasteiger partial charge in [-0.1, -0.05) is 127 Å². The lowest BCUT2D eigenvalue weighted by atomic mass is 9.93. The standard InChI is InChI=1S/C34H42O2S4/c1-3-5-7-9-11-21-27(37)23-17-13-15-19-25(23)29-31-32(40-33(29)35)30(34(36)39-31)26-20-16-14-18-24(26)28(38)22-12-10-8-6-4-2/h13-20,27-28,37-38H,3-12,21-22H2,1-2H3. The molecule has 0 saturated heterocycles. The van der Waals surface area contributed by atoms with E-state index in [1.54, 1.807) is 0 Å². The molecule has 214 valence electrons. The Morgan fingerprint density at radius 1 is 0.575 bits per heavy atom. The molecule has 0 fully saturated rings. The van der Waals surface area contributed by atoms with Gasteiger partial charge < -0.3 is 0 Å². The lowest BCUT2D eigenvalue weighted by molar-refractivity contribution is -0.106. The summed E-state index contributed by atoms with van der Waals surface area (Å²) in [6, 6.07) is 16.3. The molecule has 2 atom stereocenters. The zero-order valence-electron chi connectivity index (χ0n) is 23.8. The number of fused-ring (bicyclic) bond motifs is 1. The van der Waals surface area contributed by atoms with Crippen molar-refractivity contribution >= 4 is 70.2 Å². The van der Waals surface area contributed by atoms with E-state index in [0.717, 1.165) is 57.7 Å². The van der Waals surface area contributed by atoms with Gasteiger partial charge in [0.2, 0.25) is 10.2 Å². The Hall–Kier alpha value is -1.34. The third-order valence-electron chi connectivity index (χ3n) is 7.80. The molecule has 2 aromatic carbocycles. The van der Waals surface area contributed by atoms with Crippen LogP contribution < -0.4 is 0 Å². The SMILES string of the molecule is CCCCCCCC(S)c1ccccc1C1=C2SC(=O)C(c3ccccc3C(S)CCCCCCC)=C2SC1=O. The summed E-state index contributed by atoms with van der Waals surface area (Å²) < 4.78 is 0. The number of unbranched alkanes of at least 4 members (excludes halogenated alkanes) is 8. The molecular weight excluding hydrogens is 569 g/mol. The van der Waals surface area contributed by atoms with Crippen LogP contribution >= 0.6 is 48.8 Å². The quantitative estimate of drug-likeness (QED) is 0.146. The van der Waals surface area contributed by atoms with Crippen molar-refractivity contribution in [1.82, 2.24) is 0 Å². The Balaban J connectivity index is 1.63. The summed E-state index contributed by atoms with van der Waals surface area (Å²) in [5, 5.41) is 0.158. The molecule has 0 aliphatic carbocycles. The zero-order chi connectivity index (χ0) is 28.5. The first-order chi connectivity index (χ1) is 19.5. The van der Waals surface area contributed by atoms with Crippen molar-refractivity contribution in [2.75, 3.05) is 0 Å². The smallest absolute Gasteiger partial charge is 0.225 e. The van der Waals surface area contributed by atoms with E-state index in [2.05, 4.69) is 26.0 Å². The maximum absolute atomic E-state index is 13.5. The summed E-state index contributed by atoms with van der Waals surface area (Å²) in [5.74, 6) is 0. The Kier molecular flexibility index (Phi) is 12.5. The van der Waals surface area contributed by atoms with Gasteiger partial charge in [0, 0.05) is 20.3 Å². The van der Waals surface area contributed by atoms with Crippen LogP contribution in [0.1, 0.15) is 124 Å². The van der Waals surface area contributed by atoms with Crippen LogP contribution in [0.3, 0.4) is 0 Å². The van der Waals surface area contributed by atoms with E-state index in [9.17, 15) is 9.59 Å². The minimum Gasteiger partial charge on any atom is -0.281 e. The molecule has 2 aliphatic rings. The molecule has 0 amide bonds. The third kappa shape index (κ3) is 7.53. The number of hydrogen-bond acceptors (Lipinski definition) is 6. The monoisotopic (exact) mass is 610 g/mol. The fraction of sp³-hybridized carbons (Fsp3) is 0.471. The fourth-order valence-electron chi connectivity index (χ4n) is 5.58. The maximum atomic E-state index is 13.5. The number of rotatable bonds is 16. The van der Waals surface area contributed by atoms with Crippen LogP contribution in [-0.2, 0) is 9.59 Å². The van der Waals surface area contributed by atoms with E-state index in [1.165, 1.54) is 74.9 Å². The fourth-order valence-corrected chi connectivity index (χ4v) is 8.78. The van der Waals surface area contributed by atoms with Crippen LogP contribution in [0.2, 0.25) is 0 Å². The normalized spacial score (nSPS) is 16.7. The van der Waals surface area contributed by atoms with E-state index >= 15 is 0 Å². The number of carbonyl (C=O) groups is 2. The van der Waals surface area contributed by atoms with E-state index in [1.807, 2.05) is 36.4 Å². The van der Waals surface area contributed by atoms with Gasteiger partial charge in [-0.2, -0.15) is 25.3 Å². The zero-order valence-corrected chi connectivity index (χ0v) is 27.2. The van der Waals surface area contributed by atoms with Gasteiger partial charge >= 0.3 is 0 Å². The maximum Gasteiger partial charge on any atom is 0.225 e. The van der Waals surface area contributed by atoms with Gasteiger partial charge in [0.25, 0.3) is 0 Å². The first-order valence-corrected chi connectivity index (χ1v) is 17.6. The van der Waals surface area contributed by atoms with Crippen LogP contribution in [0, 0.1) is 0 Å². The largest absolute Gasteiger partial charge is 0.281 e. The van der Waals surface area contributed by atoms with Crippen LogP contribution in [0.15, 0.2) is 58.3 Å². The summed E-state index contributed by atoms with van der Waals surface area (Å²) in [7, 11) is 0. The predicted octanol–water partition coefficient (Wildman–Crippen LogP) is 11.0. The van der Waals surface area contributed by atoms with Crippen molar-refractivity contribution in [2.45, 2.75) is 101 Å². The van der Waals surface area contributed by atoms with Crippen molar-refractivity contribution in [3.05, 3.63) is 80.6 Å². The van der Waals surface area contributed by atoms with Gasteiger partial charge in [0.1, 0.15) is 0 Å². The van der Waals surface area contributed by atoms with Crippen molar-refractivity contribution in [3.63, 3.8) is 0 Å². The number of thioether (sulfide) groups is 2. The molecule has 40 heavy (non-hydrogen) atoms. The Labute approximate surface area is 260 Å². The van der Waals surface area contributed by atoms with Gasteiger partial charge in [-0.15, -0.1) is 0 Å². The second-order valence-corrected chi connectivity index (χ2v) is 14.0. The van der Waals surface area contributed by atoms with Crippen molar-refractivity contribution in [1.29, 1.82) is 0 Å². The summed E-state index contributed by atoms with van der Waals surface area (Å²) >= 11 is 12.4. The van der Waals surface area contributed by atoms with Crippen LogP contribution in [0.4, 0.5) is 0 Å². The van der Waals surface area contributed by atoms with Crippen LogP contribution in [0.5, 0.6) is 0 Å². The Morgan fingerprint density at radius 3 is 1.35 bits per heavy atom. The number of benzene rings is 2. The lowest BCUT2D eigenvalue weighted by Gasteiger charge is -2.17. The molecule has 0 radical (unpaired) electrons. The topological polar surface area (TPSA) is 34.1 Å². The summed E-state index contributed by atoms with van der Waals surface area (Å²) in [5.41, 5.74) is 5.36. The molecule has 0 saturated carbocycles. The van der Waals surface area contributed by atoms with Crippen molar-refractivity contribution in [2.24, 2.45) is 0 Å². The average molecular weight is 611 g/mol. The summed E-state index contributed by atoms with van der Waals surface area (Å²) in [4.78, 5) is 28.7. The molecule has 0 spiro atoms. The molecule has 0 aromatic heterocycles. The predicted molar refractivity (Wildman–Crippen MR) is 182 cm³/mol. The van der Waals surface area contributed by atoms with Gasteiger partial charge in [-0.25, -0.2) is 0 Å². The van der Waals surface area contributed by atoms with Crippen molar-refractivity contribution < 1.29 is 9.59 Å². The van der Waals surface area contributed by atoms with Crippen LogP contribution in [-0.4, -0.2) is 10.2 Å². The molecule has 4 rings (SSSR count). The van der Waals surface area contributed by atoms with E-state index < -0.39 is 0 Å². The van der Waals surface area contributed by atoms with Crippen LogP contribution in [0.25, 0.3) is 11.1 Å². The van der Waals surface area contributed by atoms with Crippen molar-refractivity contribution in [3.8, 4) is 0 Å². The van der Waals surface area contributed by atoms with Gasteiger partial charge in [0.15, 0.2) is 0 Å². The van der Waals surface area contributed by atoms with Gasteiger partial charge in [-0.3, -0.25) is 9.59 Å². The molecule has 2 aromatic rings. The molecule has 0 bridgehead atoms. The highest BCUT2D eigenvalue weighted by molar-refractivity contribution is 8.25. The Bertz CT molecular complexity index is 1160. The van der Waals surface area contributed by atoms with Gasteiger partial charge in [0.05, 0.1) is 11.1 Å². The molecule has 2 aliphatic heterocycles. The average Bonchev–Trinajstić information content (AvgIpc) is 3.44. The van der Waals surface area contributed by atoms with E-state index in [0.29, 0.717) is 11.1 Å². The van der Waals surface area contributed by atoms with E-state index in [4.69, 9.17) is 25.3 Å². The second-order valence-electron chi connectivity index (χ2n) is 10.8. The number of carbonyl (C=O) groups excluding carboxylic acids is 2. The molecular formula is C34H42O2S4. The minimum atomic E-state index is 0.0225. The highest BCUT2D eigenvalue weighted by Crippen LogP contribution is 2.57. The highest BCUT2D eigenvalue weighted by Gasteiger charge is 2.42. The first-order valence-electron chi connectivity index (χ1n) is 15.0. The minimum absolute atomic E-state index is 0.0225. The molecule has 0 N–H and O–H groups in total. The Morgan fingerprint density at radius 2 is 0.950 bits per heavy atom. The highest BCUT2D eigenvalue weighted by atomic mass is 32.2. The number of hydrogen-bond donors (Lipinski definition) is 2. The molecule has 6 heteroatoms.